The van der Waals surface area contributed by atoms with Crippen LogP contribution in [-0.2, 0) is 5.41 Å². The number of para-hydroxylation sites is 1. The Hall–Kier alpha value is -1.37. The minimum Gasteiger partial charge on any atom is -0.199 e. The Morgan fingerprint density at radius 3 is 2.69 bits per heavy atom. The standard InChI is InChI=1S/C15H20N/c1-5-6-11-16-12(2)15(3,4)13-9-7-8-10-14(13)16/h5,7-10H,1,6,11H2,2-4H3/q+1. The molecule has 0 atom stereocenters. The van der Waals surface area contributed by atoms with Crippen LogP contribution in [0, 0.1) is 0 Å². The fourth-order valence-electron chi connectivity index (χ4n) is 2.46. The molecular formula is C15H20N+. The van der Waals surface area contributed by atoms with Crippen molar-refractivity contribution in [3.05, 3.63) is 42.5 Å². The zero-order valence-corrected chi connectivity index (χ0v) is 10.5. The Morgan fingerprint density at radius 2 is 2.00 bits per heavy atom. The maximum absolute atomic E-state index is 3.80. The first kappa shape index (κ1) is 11.1. The molecule has 0 N–H and O–H groups in total. The molecule has 0 saturated heterocycles. The Bertz CT molecular complexity index is 452. The van der Waals surface area contributed by atoms with Gasteiger partial charge in [0.2, 0.25) is 5.69 Å². The van der Waals surface area contributed by atoms with E-state index in [1.807, 2.05) is 6.08 Å². The summed E-state index contributed by atoms with van der Waals surface area (Å²) in [6.45, 7) is 11.7. The molecule has 1 aliphatic heterocycles. The largest absolute Gasteiger partial charge is 0.209 e. The second-order valence-electron chi connectivity index (χ2n) is 4.96. The fourth-order valence-corrected chi connectivity index (χ4v) is 2.46. The molecule has 2 rings (SSSR count). The van der Waals surface area contributed by atoms with Gasteiger partial charge >= 0.3 is 0 Å². The van der Waals surface area contributed by atoms with E-state index in [0.29, 0.717) is 0 Å². The zero-order valence-electron chi connectivity index (χ0n) is 10.5. The number of benzene rings is 1. The van der Waals surface area contributed by atoms with Crippen molar-refractivity contribution in [3.63, 3.8) is 0 Å². The smallest absolute Gasteiger partial charge is 0.199 e. The third kappa shape index (κ3) is 1.51. The molecule has 0 unspecified atom stereocenters. The highest BCUT2D eigenvalue weighted by atomic mass is 15.1. The number of hydrogen-bond donors (Lipinski definition) is 0. The lowest BCUT2D eigenvalue weighted by Crippen LogP contribution is -2.26. The first-order valence-corrected chi connectivity index (χ1v) is 5.91. The van der Waals surface area contributed by atoms with Crippen molar-refractivity contribution in [3.8, 4) is 0 Å². The molecule has 1 aromatic carbocycles. The lowest BCUT2D eigenvalue weighted by Gasteiger charge is -2.14. The molecule has 0 radical (unpaired) electrons. The normalized spacial score (nSPS) is 17.4. The van der Waals surface area contributed by atoms with Crippen molar-refractivity contribution in [2.75, 3.05) is 6.54 Å². The molecule has 1 heteroatoms. The van der Waals surface area contributed by atoms with Gasteiger partial charge in [-0.25, -0.2) is 0 Å². The molecule has 0 aliphatic carbocycles. The van der Waals surface area contributed by atoms with E-state index in [-0.39, 0.29) is 5.41 Å². The van der Waals surface area contributed by atoms with Crippen LogP contribution in [-0.4, -0.2) is 16.8 Å². The Labute approximate surface area is 98.1 Å². The Morgan fingerprint density at radius 1 is 1.31 bits per heavy atom. The third-order valence-electron chi connectivity index (χ3n) is 3.73. The molecule has 0 amide bonds. The van der Waals surface area contributed by atoms with Gasteiger partial charge in [-0.3, -0.25) is 0 Å². The van der Waals surface area contributed by atoms with Crippen LogP contribution in [0.25, 0.3) is 0 Å². The summed E-state index contributed by atoms with van der Waals surface area (Å²) in [6.07, 6.45) is 3.02. The average Bonchev–Trinajstić information content (AvgIpc) is 2.47. The molecule has 0 aromatic heterocycles. The van der Waals surface area contributed by atoms with Crippen LogP contribution in [0.15, 0.2) is 36.9 Å². The molecule has 0 saturated carbocycles. The number of fused-ring (bicyclic) bond motifs is 1. The molecule has 84 valence electrons. The first-order chi connectivity index (χ1) is 7.59. The third-order valence-corrected chi connectivity index (χ3v) is 3.73. The van der Waals surface area contributed by atoms with E-state index < -0.39 is 0 Å². The summed E-state index contributed by atoms with van der Waals surface area (Å²) in [6, 6.07) is 8.71. The van der Waals surface area contributed by atoms with E-state index in [4.69, 9.17) is 0 Å². The molecule has 16 heavy (non-hydrogen) atoms. The van der Waals surface area contributed by atoms with Gasteiger partial charge in [-0.05, 0) is 13.8 Å². The summed E-state index contributed by atoms with van der Waals surface area (Å²) in [5, 5.41) is 0. The van der Waals surface area contributed by atoms with Crippen molar-refractivity contribution in [1.82, 2.24) is 0 Å². The maximum atomic E-state index is 3.80. The number of hydrogen-bond acceptors (Lipinski definition) is 0. The van der Waals surface area contributed by atoms with Gasteiger partial charge in [-0.2, -0.15) is 4.58 Å². The lowest BCUT2D eigenvalue weighted by atomic mass is 9.82. The Kier molecular flexibility index (Phi) is 2.71. The second-order valence-corrected chi connectivity index (χ2v) is 4.96. The topological polar surface area (TPSA) is 3.01 Å². The van der Waals surface area contributed by atoms with Crippen LogP contribution < -0.4 is 0 Å². The predicted molar refractivity (Wildman–Crippen MR) is 69.8 cm³/mol. The van der Waals surface area contributed by atoms with Crippen molar-refractivity contribution in [2.45, 2.75) is 32.6 Å². The van der Waals surface area contributed by atoms with E-state index >= 15 is 0 Å². The quantitative estimate of drug-likeness (QED) is 0.533. The molecule has 0 fully saturated rings. The lowest BCUT2D eigenvalue weighted by molar-refractivity contribution is -0.437. The summed E-state index contributed by atoms with van der Waals surface area (Å²) in [7, 11) is 0. The van der Waals surface area contributed by atoms with Crippen LogP contribution in [0.3, 0.4) is 0 Å². The molecular weight excluding hydrogens is 194 g/mol. The molecule has 0 bridgehead atoms. The van der Waals surface area contributed by atoms with Crippen molar-refractivity contribution >= 4 is 11.4 Å². The van der Waals surface area contributed by atoms with Gasteiger partial charge in [-0.15, -0.1) is 6.58 Å². The monoisotopic (exact) mass is 214 g/mol. The van der Waals surface area contributed by atoms with Gasteiger partial charge < -0.3 is 0 Å². The molecule has 1 nitrogen and oxygen atoms in total. The van der Waals surface area contributed by atoms with Crippen LogP contribution in [0.5, 0.6) is 0 Å². The van der Waals surface area contributed by atoms with Crippen LogP contribution in [0.2, 0.25) is 0 Å². The number of nitrogens with zero attached hydrogens (tertiary/aromatic N) is 1. The Balaban J connectivity index is 2.51. The summed E-state index contributed by atoms with van der Waals surface area (Å²) < 4.78 is 2.43. The van der Waals surface area contributed by atoms with Crippen LogP contribution >= 0.6 is 0 Å². The fraction of sp³-hybridized carbons (Fsp3) is 0.400. The molecule has 1 heterocycles. The van der Waals surface area contributed by atoms with Gasteiger partial charge in [0.1, 0.15) is 0 Å². The highest BCUT2D eigenvalue weighted by Crippen LogP contribution is 2.39. The van der Waals surface area contributed by atoms with E-state index in [2.05, 4.69) is 56.2 Å². The second kappa shape index (κ2) is 3.89. The summed E-state index contributed by atoms with van der Waals surface area (Å²) in [5.74, 6) is 0. The predicted octanol–water partition coefficient (Wildman–Crippen LogP) is 3.66. The van der Waals surface area contributed by atoms with Gasteiger partial charge in [0.15, 0.2) is 12.3 Å². The first-order valence-electron chi connectivity index (χ1n) is 5.91. The molecule has 0 spiro atoms. The minimum absolute atomic E-state index is 0.164. The van der Waals surface area contributed by atoms with Crippen molar-refractivity contribution in [1.29, 1.82) is 0 Å². The maximum Gasteiger partial charge on any atom is 0.209 e. The average molecular weight is 214 g/mol. The van der Waals surface area contributed by atoms with Crippen molar-refractivity contribution in [2.24, 2.45) is 0 Å². The summed E-state index contributed by atoms with van der Waals surface area (Å²) >= 11 is 0. The highest BCUT2D eigenvalue weighted by molar-refractivity contribution is 5.93. The summed E-state index contributed by atoms with van der Waals surface area (Å²) in [5.41, 5.74) is 4.41. The highest BCUT2D eigenvalue weighted by Gasteiger charge is 2.42. The zero-order chi connectivity index (χ0) is 11.8. The van der Waals surface area contributed by atoms with Gasteiger partial charge in [0.05, 0.1) is 5.41 Å². The van der Waals surface area contributed by atoms with Crippen molar-refractivity contribution < 1.29 is 4.58 Å². The minimum atomic E-state index is 0.164. The SMILES string of the molecule is C=CCC[N+]1=C(C)C(C)(C)c2ccccc21. The van der Waals surface area contributed by atoms with Gasteiger partial charge in [-0.1, -0.05) is 24.3 Å². The number of rotatable bonds is 3. The van der Waals surface area contributed by atoms with Gasteiger partial charge in [0, 0.05) is 25.0 Å². The van der Waals surface area contributed by atoms with Crippen LogP contribution in [0.1, 0.15) is 32.8 Å². The van der Waals surface area contributed by atoms with E-state index in [1.165, 1.54) is 17.0 Å². The molecule has 1 aliphatic rings. The summed E-state index contributed by atoms with van der Waals surface area (Å²) in [4.78, 5) is 0. The van der Waals surface area contributed by atoms with E-state index in [1.54, 1.807) is 0 Å². The molecule has 1 aromatic rings. The van der Waals surface area contributed by atoms with E-state index in [0.717, 1.165) is 13.0 Å². The van der Waals surface area contributed by atoms with Crippen LogP contribution in [0.4, 0.5) is 5.69 Å². The van der Waals surface area contributed by atoms with Gasteiger partial charge in [0.25, 0.3) is 0 Å². The van der Waals surface area contributed by atoms with E-state index in [9.17, 15) is 0 Å².